The van der Waals surface area contributed by atoms with E-state index >= 15 is 0 Å². The topological polar surface area (TPSA) is 41.5 Å². The molecule has 2 rings (SSSR count). The van der Waals surface area contributed by atoms with Crippen LogP contribution in [0.5, 0.6) is 5.75 Å². The first kappa shape index (κ1) is 15.3. The van der Waals surface area contributed by atoms with Crippen LogP contribution in [0.4, 0.5) is 0 Å². The fraction of sp³-hybridized carbons (Fsp3) is 0.647. The van der Waals surface area contributed by atoms with E-state index in [4.69, 9.17) is 4.74 Å². The smallest absolute Gasteiger partial charge is 0.122 e. The number of rotatable bonds is 7. The summed E-state index contributed by atoms with van der Waals surface area (Å²) in [5.41, 5.74) is 2.78. The van der Waals surface area contributed by atoms with Gasteiger partial charge in [-0.2, -0.15) is 0 Å². The zero-order valence-electron chi connectivity index (χ0n) is 13.1. The van der Waals surface area contributed by atoms with Crippen molar-refractivity contribution in [3.05, 3.63) is 29.3 Å². The van der Waals surface area contributed by atoms with Crippen molar-refractivity contribution in [3.8, 4) is 5.75 Å². The lowest BCUT2D eigenvalue weighted by Gasteiger charge is -2.15. The molecule has 0 saturated heterocycles. The Morgan fingerprint density at radius 2 is 2.10 bits per heavy atom. The first-order chi connectivity index (χ1) is 9.38. The first-order valence-corrected chi connectivity index (χ1v) is 7.47. The summed E-state index contributed by atoms with van der Waals surface area (Å²) in [6, 6.07) is 6.13. The Bertz CT molecular complexity index is 456. The van der Waals surface area contributed by atoms with Gasteiger partial charge in [0.25, 0.3) is 0 Å². The maximum Gasteiger partial charge on any atom is 0.122 e. The molecule has 1 saturated carbocycles. The molecule has 1 aliphatic carbocycles. The minimum absolute atomic E-state index is 0.339. The minimum Gasteiger partial charge on any atom is -0.491 e. The average molecular weight is 277 g/mol. The van der Waals surface area contributed by atoms with Crippen molar-refractivity contribution in [2.75, 3.05) is 19.7 Å². The van der Waals surface area contributed by atoms with Crippen LogP contribution < -0.4 is 10.1 Å². The molecular weight excluding hydrogens is 250 g/mol. The van der Waals surface area contributed by atoms with Gasteiger partial charge in [0.15, 0.2) is 0 Å². The highest BCUT2D eigenvalue weighted by Gasteiger charge is 2.44. The number of hydrogen-bond acceptors (Lipinski definition) is 3. The Morgan fingerprint density at radius 3 is 2.75 bits per heavy atom. The number of benzene rings is 1. The molecule has 2 unspecified atom stereocenters. The van der Waals surface area contributed by atoms with Crippen molar-refractivity contribution in [3.63, 3.8) is 0 Å². The SMILES string of the molecule is Cc1ccc(C)c(OCC(O)CNCC2CC2(C)C)c1. The van der Waals surface area contributed by atoms with Gasteiger partial charge in [0.2, 0.25) is 0 Å². The molecule has 1 aromatic rings. The summed E-state index contributed by atoms with van der Waals surface area (Å²) in [6.45, 7) is 10.6. The molecular formula is C17H27NO2. The predicted molar refractivity (Wildman–Crippen MR) is 82.2 cm³/mol. The van der Waals surface area contributed by atoms with Crippen molar-refractivity contribution in [1.82, 2.24) is 5.32 Å². The lowest BCUT2D eigenvalue weighted by atomic mass is 10.1. The normalized spacial score (nSPS) is 21.6. The van der Waals surface area contributed by atoms with Gasteiger partial charge < -0.3 is 15.2 Å². The number of hydrogen-bond donors (Lipinski definition) is 2. The second-order valence-electron chi connectivity index (χ2n) is 6.78. The van der Waals surface area contributed by atoms with E-state index in [1.807, 2.05) is 26.0 Å². The van der Waals surface area contributed by atoms with Crippen molar-refractivity contribution in [2.45, 2.75) is 40.2 Å². The van der Waals surface area contributed by atoms with Crippen LogP contribution in [-0.4, -0.2) is 30.9 Å². The fourth-order valence-electron chi connectivity index (χ4n) is 2.46. The van der Waals surface area contributed by atoms with Gasteiger partial charge in [-0.05, 0) is 55.3 Å². The summed E-state index contributed by atoms with van der Waals surface area (Å²) >= 11 is 0. The van der Waals surface area contributed by atoms with Gasteiger partial charge in [0.1, 0.15) is 18.5 Å². The van der Waals surface area contributed by atoms with Gasteiger partial charge in [0, 0.05) is 6.54 Å². The lowest BCUT2D eigenvalue weighted by molar-refractivity contribution is 0.105. The summed E-state index contributed by atoms with van der Waals surface area (Å²) in [5.74, 6) is 1.63. The predicted octanol–water partition coefficient (Wildman–Crippen LogP) is 2.68. The summed E-state index contributed by atoms with van der Waals surface area (Å²) in [5, 5.41) is 13.3. The number of ether oxygens (including phenoxy) is 1. The maximum absolute atomic E-state index is 9.95. The molecule has 3 heteroatoms. The molecule has 0 heterocycles. The highest BCUT2D eigenvalue weighted by Crippen LogP contribution is 2.50. The van der Waals surface area contributed by atoms with Crippen LogP contribution >= 0.6 is 0 Å². The molecule has 20 heavy (non-hydrogen) atoms. The summed E-state index contributed by atoms with van der Waals surface area (Å²) in [4.78, 5) is 0. The minimum atomic E-state index is -0.461. The molecule has 0 spiro atoms. The third-order valence-electron chi connectivity index (χ3n) is 4.26. The average Bonchev–Trinajstić information content (AvgIpc) is 2.98. The molecule has 2 N–H and O–H groups in total. The fourth-order valence-corrected chi connectivity index (χ4v) is 2.46. The highest BCUT2D eigenvalue weighted by atomic mass is 16.5. The standard InChI is InChI=1S/C17H27NO2/c1-12-5-6-13(2)16(7-12)20-11-15(19)10-18-9-14-8-17(14,3)4/h5-7,14-15,18-19H,8-11H2,1-4H3. The van der Waals surface area contributed by atoms with E-state index in [-0.39, 0.29) is 0 Å². The van der Waals surface area contributed by atoms with Gasteiger partial charge in [-0.1, -0.05) is 26.0 Å². The molecule has 3 nitrogen and oxygen atoms in total. The first-order valence-electron chi connectivity index (χ1n) is 7.47. The molecule has 0 radical (unpaired) electrons. The van der Waals surface area contributed by atoms with Gasteiger partial charge in [-0.3, -0.25) is 0 Å². The van der Waals surface area contributed by atoms with Gasteiger partial charge in [-0.15, -0.1) is 0 Å². The van der Waals surface area contributed by atoms with Crippen molar-refractivity contribution in [1.29, 1.82) is 0 Å². The second-order valence-corrected chi connectivity index (χ2v) is 6.78. The molecule has 1 fully saturated rings. The lowest BCUT2D eigenvalue weighted by Crippen LogP contribution is -2.33. The largest absolute Gasteiger partial charge is 0.491 e. The van der Waals surface area contributed by atoms with Gasteiger partial charge >= 0.3 is 0 Å². The van der Waals surface area contributed by atoms with Crippen LogP contribution in [0, 0.1) is 25.2 Å². The Balaban J connectivity index is 1.67. The van der Waals surface area contributed by atoms with Gasteiger partial charge in [0.05, 0.1) is 0 Å². The van der Waals surface area contributed by atoms with E-state index < -0.39 is 6.10 Å². The van der Waals surface area contributed by atoms with E-state index in [9.17, 15) is 5.11 Å². The van der Waals surface area contributed by atoms with Crippen LogP contribution in [0.3, 0.4) is 0 Å². The zero-order valence-corrected chi connectivity index (χ0v) is 13.1. The van der Waals surface area contributed by atoms with Crippen molar-refractivity contribution in [2.24, 2.45) is 11.3 Å². The molecule has 0 amide bonds. The molecule has 0 aromatic heterocycles. The van der Waals surface area contributed by atoms with E-state index in [2.05, 4.69) is 25.2 Å². The van der Waals surface area contributed by atoms with Crippen LogP contribution in [-0.2, 0) is 0 Å². The van der Waals surface area contributed by atoms with Crippen LogP contribution in [0.1, 0.15) is 31.4 Å². The van der Waals surface area contributed by atoms with Crippen molar-refractivity contribution >= 4 is 0 Å². The molecule has 1 aliphatic rings. The molecule has 2 atom stereocenters. The number of aliphatic hydroxyl groups is 1. The number of nitrogens with one attached hydrogen (secondary N) is 1. The van der Waals surface area contributed by atoms with Crippen LogP contribution in [0.25, 0.3) is 0 Å². The Kier molecular flexibility index (Phi) is 4.71. The molecule has 0 aliphatic heterocycles. The van der Waals surface area contributed by atoms with Crippen LogP contribution in [0.2, 0.25) is 0 Å². The Hall–Kier alpha value is -1.06. The maximum atomic E-state index is 9.95. The monoisotopic (exact) mass is 277 g/mol. The van der Waals surface area contributed by atoms with Crippen molar-refractivity contribution < 1.29 is 9.84 Å². The Labute approximate surface area is 122 Å². The Morgan fingerprint density at radius 1 is 1.40 bits per heavy atom. The van der Waals surface area contributed by atoms with E-state index in [0.29, 0.717) is 18.6 Å². The highest BCUT2D eigenvalue weighted by molar-refractivity contribution is 5.35. The summed E-state index contributed by atoms with van der Waals surface area (Å²) < 4.78 is 5.70. The molecule has 0 bridgehead atoms. The number of aliphatic hydroxyl groups excluding tert-OH is 1. The summed E-state index contributed by atoms with van der Waals surface area (Å²) in [6.07, 6.45) is 0.825. The zero-order chi connectivity index (χ0) is 14.8. The summed E-state index contributed by atoms with van der Waals surface area (Å²) in [7, 11) is 0. The van der Waals surface area contributed by atoms with Crippen LogP contribution in [0.15, 0.2) is 18.2 Å². The third kappa shape index (κ3) is 4.22. The molecule has 112 valence electrons. The van der Waals surface area contributed by atoms with Gasteiger partial charge in [-0.25, -0.2) is 0 Å². The second kappa shape index (κ2) is 6.15. The number of aryl methyl sites for hydroxylation is 2. The quantitative estimate of drug-likeness (QED) is 0.805. The van der Waals surface area contributed by atoms with E-state index in [0.717, 1.165) is 23.8 Å². The molecule has 1 aromatic carbocycles. The van der Waals surface area contributed by atoms with E-state index in [1.54, 1.807) is 0 Å². The third-order valence-corrected chi connectivity index (χ3v) is 4.26. The van der Waals surface area contributed by atoms with E-state index in [1.165, 1.54) is 12.0 Å².